The Kier molecular flexibility index (Phi) is 2.74. The second-order valence-electron chi connectivity index (χ2n) is 5.97. The molecule has 0 aliphatic heterocycles. The lowest BCUT2D eigenvalue weighted by Crippen LogP contribution is -2.11. The molecule has 1 heterocycles. The number of aromatic nitrogens is 3. The van der Waals surface area contributed by atoms with E-state index in [9.17, 15) is 5.11 Å². The van der Waals surface area contributed by atoms with Crippen molar-refractivity contribution in [3.05, 3.63) is 42.0 Å². The summed E-state index contributed by atoms with van der Waals surface area (Å²) in [6.07, 6.45) is 0. The van der Waals surface area contributed by atoms with Crippen molar-refractivity contribution in [3.63, 3.8) is 0 Å². The largest absolute Gasteiger partial charge is 0.507 e. The van der Waals surface area contributed by atoms with Crippen LogP contribution in [0.1, 0.15) is 26.3 Å². The molecule has 2 aromatic carbocycles. The summed E-state index contributed by atoms with van der Waals surface area (Å²) in [5.74, 6) is 0.315. The quantitative estimate of drug-likeness (QED) is 0.707. The van der Waals surface area contributed by atoms with Crippen molar-refractivity contribution in [1.29, 1.82) is 0 Å². The third-order valence-electron chi connectivity index (χ3n) is 3.49. The first-order valence-electron chi connectivity index (χ1n) is 6.61. The Balaban J connectivity index is 2.28. The highest BCUT2D eigenvalue weighted by molar-refractivity contribution is 5.93. The number of phenols is 1. The van der Waals surface area contributed by atoms with Crippen LogP contribution in [0.2, 0.25) is 0 Å². The predicted octanol–water partition coefficient (Wildman–Crippen LogP) is 3.63. The van der Waals surface area contributed by atoms with Gasteiger partial charge in [0.25, 0.3) is 0 Å². The number of fused-ring (bicyclic) bond motifs is 1. The monoisotopic (exact) mass is 267 g/mol. The second kappa shape index (κ2) is 4.34. The van der Waals surface area contributed by atoms with Gasteiger partial charge in [0.2, 0.25) is 0 Å². The highest BCUT2D eigenvalue weighted by atomic mass is 16.3. The average Bonchev–Trinajstić information content (AvgIpc) is 2.86. The average molecular weight is 267 g/mol. The molecule has 4 heteroatoms. The molecule has 0 spiro atoms. The van der Waals surface area contributed by atoms with Crippen LogP contribution in [0.15, 0.2) is 36.4 Å². The van der Waals surface area contributed by atoms with Gasteiger partial charge in [0, 0.05) is 11.1 Å². The van der Waals surface area contributed by atoms with E-state index in [0.717, 1.165) is 27.7 Å². The highest BCUT2D eigenvalue weighted by Crippen LogP contribution is 2.39. The van der Waals surface area contributed by atoms with Gasteiger partial charge >= 0.3 is 0 Å². The molecular formula is C16H17N3O. The first-order chi connectivity index (χ1) is 9.48. The van der Waals surface area contributed by atoms with E-state index >= 15 is 0 Å². The normalized spacial score (nSPS) is 11.9. The standard InChI is InChI=1S/C16H17N3O/c1-16(2,3)12-8-4-7-11(15(12)20)10-6-5-9-13-14(10)18-19-17-13/h4-9,20H,1-3H3,(H,17,18,19). The number of aromatic amines is 1. The number of rotatable bonds is 1. The molecule has 0 saturated heterocycles. The van der Waals surface area contributed by atoms with Crippen molar-refractivity contribution in [3.8, 4) is 16.9 Å². The minimum Gasteiger partial charge on any atom is -0.507 e. The summed E-state index contributed by atoms with van der Waals surface area (Å²) in [7, 11) is 0. The molecule has 0 unspecified atom stereocenters. The molecule has 0 amide bonds. The highest BCUT2D eigenvalue weighted by Gasteiger charge is 2.21. The van der Waals surface area contributed by atoms with Crippen LogP contribution in [0.4, 0.5) is 0 Å². The van der Waals surface area contributed by atoms with E-state index in [1.54, 1.807) is 0 Å². The van der Waals surface area contributed by atoms with Gasteiger partial charge in [0.15, 0.2) is 0 Å². The molecule has 0 saturated carbocycles. The number of aromatic hydroxyl groups is 1. The van der Waals surface area contributed by atoms with E-state index in [-0.39, 0.29) is 5.41 Å². The Bertz CT molecular complexity index is 769. The Labute approximate surface area is 117 Å². The SMILES string of the molecule is CC(C)(C)c1cccc(-c2cccc3[nH]nnc23)c1O. The van der Waals surface area contributed by atoms with Gasteiger partial charge in [-0.15, -0.1) is 5.10 Å². The van der Waals surface area contributed by atoms with Gasteiger partial charge in [-0.3, -0.25) is 5.10 Å². The lowest BCUT2D eigenvalue weighted by Gasteiger charge is -2.22. The van der Waals surface area contributed by atoms with E-state index in [2.05, 4.69) is 36.2 Å². The minimum atomic E-state index is -0.113. The van der Waals surface area contributed by atoms with Gasteiger partial charge in [-0.05, 0) is 17.0 Å². The van der Waals surface area contributed by atoms with E-state index in [1.807, 2.05) is 36.4 Å². The van der Waals surface area contributed by atoms with Gasteiger partial charge in [-0.1, -0.05) is 56.3 Å². The topological polar surface area (TPSA) is 61.8 Å². The summed E-state index contributed by atoms with van der Waals surface area (Å²) in [6, 6.07) is 11.6. The summed E-state index contributed by atoms with van der Waals surface area (Å²) in [5.41, 5.74) is 4.13. The van der Waals surface area contributed by atoms with Gasteiger partial charge < -0.3 is 5.11 Å². The molecule has 0 fully saturated rings. The summed E-state index contributed by atoms with van der Waals surface area (Å²) >= 11 is 0. The van der Waals surface area contributed by atoms with E-state index in [0.29, 0.717) is 5.75 Å². The maximum atomic E-state index is 10.6. The van der Waals surface area contributed by atoms with Crippen molar-refractivity contribution < 1.29 is 5.11 Å². The van der Waals surface area contributed by atoms with Crippen LogP contribution in [0.5, 0.6) is 5.75 Å². The van der Waals surface area contributed by atoms with Crippen molar-refractivity contribution in [2.45, 2.75) is 26.2 Å². The van der Waals surface area contributed by atoms with Crippen molar-refractivity contribution in [2.75, 3.05) is 0 Å². The maximum absolute atomic E-state index is 10.6. The van der Waals surface area contributed by atoms with Crippen molar-refractivity contribution >= 4 is 11.0 Å². The molecule has 3 aromatic rings. The van der Waals surface area contributed by atoms with Gasteiger partial charge in [-0.25, -0.2) is 0 Å². The van der Waals surface area contributed by atoms with Crippen molar-refractivity contribution in [1.82, 2.24) is 15.4 Å². The molecule has 20 heavy (non-hydrogen) atoms. The number of para-hydroxylation sites is 1. The first kappa shape index (κ1) is 12.7. The minimum absolute atomic E-state index is 0.113. The number of H-pyrrole nitrogens is 1. The molecular weight excluding hydrogens is 250 g/mol. The van der Waals surface area contributed by atoms with Crippen LogP contribution in [0, 0.1) is 0 Å². The molecule has 0 aliphatic rings. The summed E-state index contributed by atoms with van der Waals surface area (Å²) in [6.45, 7) is 6.26. The fourth-order valence-corrected chi connectivity index (χ4v) is 2.45. The first-order valence-corrected chi connectivity index (χ1v) is 6.61. The van der Waals surface area contributed by atoms with Crippen LogP contribution in [-0.2, 0) is 5.41 Å². The number of hydrogen-bond donors (Lipinski definition) is 2. The van der Waals surface area contributed by atoms with Crippen LogP contribution in [0.3, 0.4) is 0 Å². The Morgan fingerprint density at radius 1 is 1.00 bits per heavy atom. The predicted molar refractivity (Wildman–Crippen MR) is 79.7 cm³/mol. The molecule has 0 atom stereocenters. The molecule has 4 nitrogen and oxygen atoms in total. The molecule has 0 bridgehead atoms. The van der Waals surface area contributed by atoms with Gasteiger partial charge in [0.1, 0.15) is 11.3 Å². The van der Waals surface area contributed by atoms with Crippen molar-refractivity contribution in [2.24, 2.45) is 0 Å². The lowest BCUT2D eigenvalue weighted by molar-refractivity contribution is 0.448. The van der Waals surface area contributed by atoms with E-state index in [1.165, 1.54) is 0 Å². The Morgan fingerprint density at radius 2 is 1.70 bits per heavy atom. The Morgan fingerprint density at radius 3 is 2.45 bits per heavy atom. The van der Waals surface area contributed by atoms with Crippen LogP contribution in [0.25, 0.3) is 22.2 Å². The van der Waals surface area contributed by atoms with Crippen LogP contribution >= 0.6 is 0 Å². The molecule has 102 valence electrons. The van der Waals surface area contributed by atoms with Crippen LogP contribution < -0.4 is 0 Å². The van der Waals surface area contributed by atoms with Crippen LogP contribution in [-0.4, -0.2) is 20.5 Å². The van der Waals surface area contributed by atoms with Gasteiger partial charge in [-0.2, -0.15) is 0 Å². The number of hydrogen-bond acceptors (Lipinski definition) is 3. The number of benzene rings is 2. The fraction of sp³-hybridized carbons (Fsp3) is 0.250. The Hall–Kier alpha value is -2.36. The molecule has 1 aromatic heterocycles. The third kappa shape index (κ3) is 1.93. The summed E-state index contributed by atoms with van der Waals surface area (Å²) in [4.78, 5) is 0. The molecule has 0 radical (unpaired) electrons. The fourth-order valence-electron chi connectivity index (χ4n) is 2.45. The summed E-state index contributed by atoms with van der Waals surface area (Å²) < 4.78 is 0. The number of nitrogens with one attached hydrogen (secondary N) is 1. The molecule has 2 N–H and O–H groups in total. The van der Waals surface area contributed by atoms with Gasteiger partial charge in [0.05, 0.1) is 5.52 Å². The third-order valence-corrected chi connectivity index (χ3v) is 3.49. The zero-order valence-electron chi connectivity index (χ0n) is 11.8. The lowest BCUT2D eigenvalue weighted by atomic mass is 9.84. The number of nitrogens with zero attached hydrogens (tertiary/aromatic N) is 2. The maximum Gasteiger partial charge on any atom is 0.127 e. The molecule has 3 rings (SSSR count). The second-order valence-corrected chi connectivity index (χ2v) is 5.97. The number of phenolic OH excluding ortho intramolecular Hbond substituents is 1. The summed E-state index contributed by atoms with van der Waals surface area (Å²) in [5, 5.41) is 21.4. The zero-order valence-corrected chi connectivity index (χ0v) is 11.8. The molecule has 0 aliphatic carbocycles. The van der Waals surface area contributed by atoms with E-state index < -0.39 is 0 Å². The smallest absolute Gasteiger partial charge is 0.127 e. The van der Waals surface area contributed by atoms with E-state index in [4.69, 9.17) is 0 Å². The zero-order chi connectivity index (χ0) is 14.3.